The molecule has 0 fully saturated rings. The van der Waals surface area contributed by atoms with E-state index in [-0.39, 0.29) is 4.70 Å². The Morgan fingerprint density at radius 1 is 1.40 bits per heavy atom. The van der Waals surface area contributed by atoms with Crippen LogP contribution < -0.4 is 11.5 Å². The highest BCUT2D eigenvalue weighted by atomic mass is 31.2. The van der Waals surface area contributed by atoms with Gasteiger partial charge in [0.15, 0.2) is 0 Å². The van der Waals surface area contributed by atoms with E-state index in [1.807, 2.05) is 0 Å². The first-order chi connectivity index (χ1) is 6.37. The maximum Gasteiger partial charge on any atom is 0.527 e. The van der Waals surface area contributed by atoms with Gasteiger partial charge in [-0.25, -0.2) is 9.36 Å². The number of carbonyl (C=O) groups excluding carboxylic acids is 1. The van der Waals surface area contributed by atoms with Gasteiger partial charge >= 0.3 is 13.8 Å². The van der Waals surface area contributed by atoms with Crippen LogP contribution in [0.2, 0.25) is 0 Å². The molecule has 15 heavy (non-hydrogen) atoms. The van der Waals surface area contributed by atoms with Crippen molar-refractivity contribution >= 4 is 13.8 Å². The van der Waals surface area contributed by atoms with E-state index in [0.29, 0.717) is 25.8 Å². The molecular weight excluding hydrogens is 230 g/mol. The van der Waals surface area contributed by atoms with Crippen LogP contribution in [0.25, 0.3) is 0 Å². The number of carbonyl (C=O) groups is 1. The van der Waals surface area contributed by atoms with Crippen LogP contribution in [0.3, 0.4) is 0 Å². The lowest BCUT2D eigenvalue weighted by Gasteiger charge is -2.10. The van der Waals surface area contributed by atoms with Crippen molar-refractivity contribution in [1.82, 2.24) is 0 Å². The summed E-state index contributed by atoms with van der Waals surface area (Å²) >= 11 is 0. The number of nitrogens with two attached hydrogens (primary N) is 2. The Hall–Kier alpha value is -0.530. The minimum atomic E-state index is -4.77. The summed E-state index contributed by atoms with van der Waals surface area (Å²) in [7, 11) is -4.77. The van der Waals surface area contributed by atoms with Crippen LogP contribution in [0.4, 0.5) is 4.70 Å². The summed E-state index contributed by atoms with van der Waals surface area (Å²) in [4.78, 5) is 27.5. The average molecular weight is 246 g/mol. The summed E-state index contributed by atoms with van der Waals surface area (Å²) in [5, 5.41) is 0. The number of hydrogen-bond acceptors (Lipinski definition) is 5. The topological polar surface area (TPSA) is 136 Å². The lowest BCUT2D eigenvalue weighted by molar-refractivity contribution is -0.137. The Bertz CT molecular complexity index is 234. The Labute approximate surface area is 86.4 Å². The van der Waals surface area contributed by atoms with Crippen molar-refractivity contribution in [2.24, 2.45) is 11.5 Å². The fourth-order valence-electron chi connectivity index (χ4n) is 0.811. The van der Waals surface area contributed by atoms with Crippen LogP contribution in [0.1, 0.15) is 19.3 Å². The van der Waals surface area contributed by atoms with Gasteiger partial charge in [0, 0.05) is 0 Å². The van der Waals surface area contributed by atoms with Gasteiger partial charge in [0.2, 0.25) is 0 Å². The van der Waals surface area contributed by atoms with Gasteiger partial charge in [-0.2, -0.15) is 0 Å². The van der Waals surface area contributed by atoms with Gasteiger partial charge < -0.3 is 16.0 Å². The zero-order valence-electron chi connectivity index (χ0n) is 8.04. The van der Waals surface area contributed by atoms with Crippen LogP contribution in [0.5, 0.6) is 0 Å². The lowest BCUT2D eigenvalue weighted by atomic mass is 10.1. The van der Waals surface area contributed by atoms with Gasteiger partial charge in [0.05, 0.1) is 0 Å². The Balaban J connectivity index is 0. The van der Waals surface area contributed by atoms with Crippen molar-refractivity contribution < 1.29 is 28.4 Å². The number of rotatable bonds is 6. The van der Waals surface area contributed by atoms with E-state index in [4.69, 9.17) is 21.3 Å². The molecule has 0 bridgehead atoms. The second-order valence-corrected chi connectivity index (χ2v) is 3.96. The van der Waals surface area contributed by atoms with Crippen molar-refractivity contribution in [3.63, 3.8) is 0 Å². The number of phosphoric acid groups is 1. The number of halogens is 1. The maximum atomic E-state index is 10.9. The quantitative estimate of drug-likeness (QED) is 0.357. The molecule has 0 aliphatic heterocycles. The Morgan fingerprint density at radius 2 is 1.93 bits per heavy atom. The molecule has 0 aromatic carbocycles. The second kappa shape index (κ2) is 7.72. The molecule has 0 heterocycles. The van der Waals surface area contributed by atoms with Gasteiger partial charge in [-0.3, -0.25) is 14.5 Å². The standard InChI is InChI=1S/C6H15N2O5P.FH/c7-4-2-1-3-5(8)6(9)13-14(10,11)12;/h5H,1-4,7-8H2,(H2,10,11,12);1H/t5-;/m0./s1. The van der Waals surface area contributed by atoms with E-state index < -0.39 is 19.8 Å². The number of unbranched alkanes of at least 4 members (excludes halogenated alkanes) is 1. The molecular formula is C6H16FN2O5P. The van der Waals surface area contributed by atoms with Crippen molar-refractivity contribution in [2.45, 2.75) is 25.3 Å². The molecule has 0 radical (unpaired) electrons. The fourth-order valence-corrected chi connectivity index (χ4v) is 1.18. The molecule has 0 saturated carbocycles. The molecule has 7 nitrogen and oxygen atoms in total. The normalized spacial score (nSPS) is 12.8. The molecule has 9 heteroatoms. The van der Waals surface area contributed by atoms with Crippen LogP contribution in [-0.2, 0) is 13.9 Å². The van der Waals surface area contributed by atoms with E-state index in [1.54, 1.807) is 0 Å². The Kier molecular flexibility index (Phi) is 8.69. The summed E-state index contributed by atoms with van der Waals surface area (Å²) in [5.74, 6) is -1.09. The third kappa shape index (κ3) is 9.77. The minimum Gasteiger partial charge on any atom is -0.369 e. The lowest BCUT2D eigenvalue weighted by Crippen LogP contribution is -2.31. The molecule has 92 valence electrons. The van der Waals surface area contributed by atoms with E-state index in [9.17, 15) is 9.36 Å². The first-order valence-electron chi connectivity index (χ1n) is 4.11. The van der Waals surface area contributed by atoms with Gasteiger partial charge in [0.25, 0.3) is 0 Å². The predicted octanol–water partition coefficient (Wildman–Crippen LogP) is -0.769. The largest absolute Gasteiger partial charge is 0.527 e. The molecule has 0 aliphatic carbocycles. The summed E-state index contributed by atoms with van der Waals surface area (Å²) < 4.78 is 14.1. The monoisotopic (exact) mass is 246 g/mol. The van der Waals surface area contributed by atoms with E-state index in [2.05, 4.69) is 4.52 Å². The van der Waals surface area contributed by atoms with Crippen LogP contribution in [0, 0.1) is 0 Å². The van der Waals surface area contributed by atoms with Gasteiger partial charge in [0.1, 0.15) is 6.04 Å². The maximum absolute atomic E-state index is 10.9. The van der Waals surface area contributed by atoms with Crippen molar-refractivity contribution in [3.05, 3.63) is 0 Å². The molecule has 6 N–H and O–H groups in total. The summed E-state index contributed by atoms with van der Waals surface area (Å²) in [5.41, 5.74) is 10.5. The van der Waals surface area contributed by atoms with Gasteiger partial charge in [-0.05, 0) is 19.4 Å². The predicted molar refractivity (Wildman–Crippen MR) is 51.5 cm³/mol. The number of phosphoric ester groups is 1. The van der Waals surface area contributed by atoms with E-state index >= 15 is 0 Å². The fraction of sp³-hybridized carbons (Fsp3) is 0.833. The first-order valence-corrected chi connectivity index (χ1v) is 5.64. The zero-order valence-corrected chi connectivity index (χ0v) is 8.93. The molecule has 0 aliphatic rings. The molecule has 1 atom stereocenters. The highest BCUT2D eigenvalue weighted by Gasteiger charge is 2.24. The first kappa shape index (κ1) is 16.9. The molecule has 0 unspecified atom stereocenters. The average Bonchev–Trinajstić information content (AvgIpc) is 2.01. The smallest absolute Gasteiger partial charge is 0.369 e. The number of hydrogen-bond donors (Lipinski definition) is 4. The molecule has 0 spiro atoms. The molecule has 0 rings (SSSR count). The SMILES string of the molecule is F.NCCCC[C@H](N)C(=O)OP(=O)(O)O. The van der Waals surface area contributed by atoms with Crippen LogP contribution >= 0.6 is 7.82 Å². The summed E-state index contributed by atoms with van der Waals surface area (Å²) in [6.45, 7) is 0.486. The van der Waals surface area contributed by atoms with Crippen molar-refractivity contribution in [2.75, 3.05) is 6.54 Å². The summed E-state index contributed by atoms with van der Waals surface area (Å²) in [6, 6.07) is -1.01. The van der Waals surface area contributed by atoms with Crippen molar-refractivity contribution in [1.29, 1.82) is 0 Å². The minimum absolute atomic E-state index is 0. The molecule has 0 saturated heterocycles. The third-order valence-electron chi connectivity index (χ3n) is 1.48. The highest BCUT2D eigenvalue weighted by molar-refractivity contribution is 7.46. The third-order valence-corrected chi connectivity index (χ3v) is 1.90. The van der Waals surface area contributed by atoms with Gasteiger partial charge in [-0.15, -0.1) is 0 Å². The van der Waals surface area contributed by atoms with E-state index in [0.717, 1.165) is 0 Å². The van der Waals surface area contributed by atoms with Crippen molar-refractivity contribution in [3.8, 4) is 0 Å². The molecule has 0 aromatic heterocycles. The van der Waals surface area contributed by atoms with Gasteiger partial charge in [-0.1, -0.05) is 6.42 Å². The zero-order chi connectivity index (χ0) is 11.2. The molecule has 0 amide bonds. The Morgan fingerprint density at radius 3 is 2.33 bits per heavy atom. The van der Waals surface area contributed by atoms with E-state index in [1.165, 1.54) is 0 Å². The van der Waals surface area contributed by atoms with Crippen LogP contribution in [-0.4, -0.2) is 28.3 Å². The second-order valence-electron chi connectivity index (χ2n) is 2.79. The van der Waals surface area contributed by atoms with Crippen LogP contribution in [0.15, 0.2) is 0 Å². The molecule has 0 aromatic rings. The highest BCUT2D eigenvalue weighted by Crippen LogP contribution is 2.36. The summed E-state index contributed by atoms with van der Waals surface area (Å²) in [6.07, 6.45) is 1.63.